The van der Waals surface area contributed by atoms with Crippen LogP contribution in [-0.2, 0) is 6.18 Å². The molecule has 7 heteroatoms. The van der Waals surface area contributed by atoms with Crippen LogP contribution in [0.4, 0.5) is 22.7 Å². The summed E-state index contributed by atoms with van der Waals surface area (Å²) in [6, 6.07) is 2.49. The molecule has 108 valence electrons. The molecule has 0 bridgehead atoms. The van der Waals surface area contributed by atoms with E-state index in [1.165, 1.54) is 17.5 Å². The maximum atomic E-state index is 13.3. The van der Waals surface area contributed by atoms with E-state index in [4.69, 9.17) is 0 Å². The Hall–Kier alpha value is -1.63. The van der Waals surface area contributed by atoms with Gasteiger partial charge in [-0.05, 0) is 30.2 Å². The summed E-state index contributed by atoms with van der Waals surface area (Å²) in [5, 5.41) is 3.65. The van der Waals surface area contributed by atoms with Crippen LogP contribution < -0.4 is 5.32 Å². The molecule has 0 saturated heterocycles. The lowest BCUT2D eigenvalue weighted by atomic mass is 10.1. The fourth-order valence-corrected chi connectivity index (χ4v) is 2.45. The van der Waals surface area contributed by atoms with Crippen molar-refractivity contribution < 1.29 is 17.6 Å². The van der Waals surface area contributed by atoms with Gasteiger partial charge in [-0.25, -0.2) is 9.37 Å². The monoisotopic (exact) mass is 304 g/mol. The molecule has 0 radical (unpaired) electrons. The standard InChI is InChI=1S/C13H12F4N2S/c1-2-3-18-12-19-7-11(20-12)8-4-9(13(15,16)17)6-10(14)5-8/h4-7H,2-3H2,1H3,(H,18,19). The van der Waals surface area contributed by atoms with Gasteiger partial charge in [0.05, 0.1) is 10.4 Å². The summed E-state index contributed by atoms with van der Waals surface area (Å²) < 4.78 is 51.3. The van der Waals surface area contributed by atoms with E-state index in [1.54, 1.807) is 0 Å². The number of nitrogens with one attached hydrogen (secondary N) is 1. The summed E-state index contributed by atoms with van der Waals surface area (Å²) in [4.78, 5) is 4.55. The predicted octanol–water partition coefficient (Wildman–Crippen LogP) is 4.79. The molecular formula is C13H12F4N2S. The fraction of sp³-hybridized carbons (Fsp3) is 0.308. The number of alkyl halides is 3. The maximum Gasteiger partial charge on any atom is 0.416 e. The summed E-state index contributed by atoms with van der Waals surface area (Å²) in [6.45, 7) is 2.72. The quantitative estimate of drug-likeness (QED) is 0.821. The topological polar surface area (TPSA) is 24.9 Å². The van der Waals surface area contributed by atoms with E-state index in [1.807, 2.05) is 6.92 Å². The van der Waals surface area contributed by atoms with Crippen molar-refractivity contribution >= 4 is 16.5 Å². The molecule has 2 rings (SSSR count). The number of anilines is 1. The Bertz CT molecular complexity index is 592. The second-order valence-corrected chi connectivity index (χ2v) is 5.21. The van der Waals surface area contributed by atoms with Gasteiger partial charge >= 0.3 is 6.18 Å². The van der Waals surface area contributed by atoms with Crippen molar-refractivity contribution in [2.75, 3.05) is 11.9 Å². The first kappa shape index (κ1) is 14.8. The minimum Gasteiger partial charge on any atom is -0.362 e. The molecule has 0 atom stereocenters. The highest BCUT2D eigenvalue weighted by Crippen LogP contribution is 2.35. The molecule has 0 amide bonds. The lowest BCUT2D eigenvalue weighted by Crippen LogP contribution is -2.05. The number of hydrogen-bond donors (Lipinski definition) is 1. The van der Waals surface area contributed by atoms with Crippen molar-refractivity contribution in [3.05, 3.63) is 35.8 Å². The molecule has 0 spiro atoms. The van der Waals surface area contributed by atoms with Gasteiger partial charge in [0.15, 0.2) is 5.13 Å². The predicted molar refractivity (Wildman–Crippen MR) is 71.3 cm³/mol. The lowest BCUT2D eigenvalue weighted by Gasteiger charge is -2.08. The molecule has 1 aromatic heterocycles. The van der Waals surface area contributed by atoms with E-state index in [2.05, 4.69) is 10.3 Å². The highest BCUT2D eigenvalue weighted by Gasteiger charge is 2.31. The lowest BCUT2D eigenvalue weighted by molar-refractivity contribution is -0.137. The van der Waals surface area contributed by atoms with Crippen LogP contribution in [0.3, 0.4) is 0 Å². The van der Waals surface area contributed by atoms with Gasteiger partial charge in [0.2, 0.25) is 0 Å². The third kappa shape index (κ3) is 3.47. The largest absolute Gasteiger partial charge is 0.416 e. The van der Waals surface area contributed by atoms with Crippen LogP contribution in [0.25, 0.3) is 10.4 Å². The molecule has 0 unspecified atom stereocenters. The Morgan fingerprint density at radius 1 is 1.25 bits per heavy atom. The third-order valence-electron chi connectivity index (χ3n) is 2.54. The second kappa shape index (κ2) is 5.78. The first-order chi connectivity index (χ1) is 9.40. The Morgan fingerprint density at radius 2 is 2.00 bits per heavy atom. The minimum atomic E-state index is -4.56. The van der Waals surface area contributed by atoms with Gasteiger partial charge in [0.25, 0.3) is 0 Å². The van der Waals surface area contributed by atoms with Gasteiger partial charge in [-0.3, -0.25) is 0 Å². The highest BCUT2D eigenvalue weighted by molar-refractivity contribution is 7.18. The smallest absolute Gasteiger partial charge is 0.362 e. The van der Waals surface area contributed by atoms with Crippen LogP contribution in [-0.4, -0.2) is 11.5 Å². The number of aromatic nitrogens is 1. The van der Waals surface area contributed by atoms with Gasteiger partial charge in [0, 0.05) is 12.7 Å². The molecule has 0 saturated carbocycles. The van der Waals surface area contributed by atoms with E-state index in [0.717, 1.165) is 25.1 Å². The van der Waals surface area contributed by atoms with Gasteiger partial charge in [-0.15, -0.1) is 0 Å². The summed E-state index contributed by atoms with van der Waals surface area (Å²) >= 11 is 1.20. The molecule has 0 aliphatic rings. The molecule has 0 aliphatic carbocycles. The van der Waals surface area contributed by atoms with Crippen LogP contribution in [0.2, 0.25) is 0 Å². The van der Waals surface area contributed by atoms with Crippen molar-refractivity contribution in [2.45, 2.75) is 19.5 Å². The average molecular weight is 304 g/mol. The zero-order valence-electron chi connectivity index (χ0n) is 10.6. The zero-order valence-corrected chi connectivity index (χ0v) is 11.4. The van der Waals surface area contributed by atoms with Gasteiger partial charge in [0.1, 0.15) is 5.82 Å². The van der Waals surface area contributed by atoms with Crippen molar-refractivity contribution in [3.63, 3.8) is 0 Å². The van der Waals surface area contributed by atoms with Crippen LogP contribution in [0.15, 0.2) is 24.4 Å². The number of nitrogens with zero attached hydrogens (tertiary/aromatic N) is 1. The SMILES string of the molecule is CCCNc1ncc(-c2cc(F)cc(C(F)(F)F)c2)s1. The molecule has 20 heavy (non-hydrogen) atoms. The molecule has 0 aliphatic heterocycles. The zero-order chi connectivity index (χ0) is 14.8. The van der Waals surface area contributed by atoms with Crippen molar-refractivity contribution in [1.82, 2.24) is 4.98 Å². The molecule has 2 aromatic rings. The number of thiazole rings is 1. The van der Waals surface area contributed by atoms with Crippen molar-refractivity contribution in [1.29, 1.82) is 0 Å². The fourth-order valence-electron chi connectivity index (χ4n) is 1.62. The molecule has 1 heterocycles. The molecule has 2 nitrogen and oxygen atoms in total. The Balaban J connectivity index is 2.32. The summed E-state index contributed by atoms with van der Waals surface area (Å²) in [6.07, 6.45) is -2.21. The Morgan fingerprint density at radius 3 is 2.65 bits per heavy atom. The summed E-state index contributed by atoms with van der Waals surface area (Å²) in [5.41, 5.74) is -0.816. The van der Waals surface area contributed by atoms with Gasteiger partial charge in [-0.1, -0.05) is 18.3 Å². The normalized spacial score (nSPS) is 11.7. The average Bonchev–Trinajstić information content (AvgIpc) is 2.83. The minimum absolute atomic E-state index is 0.180. The van der Waals surface area contributed by atoms with Gasteiger partial charge in [-0.2, -0.15) is 13.2 Å². The van der Waals surface area contributed by atoms with E-state index in [-0.39, 0.29) is 5.56 Å². The number of hydrogen-bond acceptors (Lipinski definition) is 3. The Labute approximate surface area is 117 Å². The second-order valence-electron chi connectivity index (χ2n) is 4.18. The summed E-state index contributed by atoms with van der Waals surface area (Å²) in [5.74, 6) is -0.911. The number of halogens is 4. The van der Waals surface area contributed by atoms with Crippen LogP contribution in [0.1, 0.15) is 18.9 Å². The van der Waals surface area contributed by atoms with Crippen LogP contribution in [0.5, 0.6) is 0 Å². The Kier molecular flexibility index (Phi) is 4.27. The molecule has 1 N–H and O–H groups in total. The molecule has 0 fully saturated rings. The first-order valence-corrected chi connectivity index (χ1v) is 6.79. The van der Waals surface area contributed by atoms with E-state index in [9.17, 15) is 17.6 Å². The first-order valence-electron chi connectivity index (χ1n) is 5.98. The van der Waals surface area contributed by atoms with Crippen LogP contribution >= 0.6 is 11.3 Å². The van der Waals surface area contributed by atoms with Crippen molar-refractivity contribution in [3.8, 4) is 10.4 Å². The molecule has 1 aromatic carbocycles. The van der Waals surface area contributed by atoms with Gasteiger partial charge < -0.3 is 5.32 Å². The van der Waals surface area contributed by atoms with Crippen LogP contribution in [0, 0.1) is 5.82 Å². The maximum absolute atomic E-state index is 13.3. The van der Waals surface area contributed by atoms with Crippen molar-refractivity contribution in [2.24, 2.45) is 0 Å². The van der Waals surface area contributed by atoms with E-state index in [0.29, 0.717) is 16.1 Å². The molecular weight excluding hydrogens is 292 g/mol. The van der Waals surface area contributed by atoms with E-state index >= 15 is 0 Å². The number of benzene rings is 1. The number of rotatable bonds is 4. The third-order valence-corrected chi connectivity index (χ3v) is 3.55. The summed E-state index contributed by atoms with van der Waals surface area (Å²) in [7, 11) is 0. The highest BCUT2D eigenvalue weighted by atomic mass is 32.1. The van der Waals surface area contributed by atoms with E-state index < -0.39 is 17.6 Å².